The van der Waals surface area contributed by atoms with E-state index in [0.717, 1.165) is 12.8 Å². The highest BCUT2D eigenvalue weighted by Crippen LogP contribution is 2.28. The molecule has 0 aromatic heterocycles. The number of amides is 3. The number of carbonyl (C=O) groups excluding carboxylic acids is 3. The maximum absolute atomic E-state index is 11.9. The molecule has 0 bridgehead atoms. The standard InChI is InChI=1S/C14H23N3O3/c1-9(2)17-8-11(7-12(17)18)14(20)16-6-5-15-13(19)10-3-4-10/h9-11H,3-8H2,1-2H3,(H,15,19)(H,16,20). The van der Waals surface area contributed by atoms with Crippen molar-refractivity contribution >= 4 is 17.7 Å². The molecule has 2 aliphatic rings. The van der Waals surface area contributed by atoms with Gasteiger partial charge in [0.1, 0.15) is 0 Å². The third kappa shape index (κ3) is 3.71. The van der Waals surface area contributed by atoms with Crippen LogP contribution in [0.3, 0.4) is 0 Å². The van der Waals surface area contributed by atoms with Crippen LogP contribution in [0.15, 0.2) is 0 Å². The summed E-state index contributed by atoms with van der Waals surface area (Å²) in [5.41, 5.74) is 0. The third-order valence-electron chi connectivity index (χ3n) is 3.82. The van der Waals surface area contributed by atoms with Gasteiger partial charge in [-0.15, -0.1) is 0 Å². The lowest BCUT2D eigenvalue weighted by Gasteiger charge is -2.20. The molecule has 20 heavy (non-hydrogen) atoms. The van der Waals surface area contributed by atoms with Crippen molar-refractivity contribution < 1.29 is 14.4 Å². The first-order valence-electron chi connectivity index (χ1n) is 7.34. The Labute approximate surface area is 119 Å². The van der Waals surface area contributed by atoms with Crippen molar-refractivity contribution in [3.05, 3.63) is 0 Å². The molecule has 1 aliphatic carbocycles. The van der Waals surface area contributed by atoms with Gasteiger partial charge < -0.3 is 15.5 Å². The second kappa shape index (κ2) is 6.24. The lowest BCUT2D eigenvalue weighted by Crippen LogP contribution is -2.39. The minimum atomic E-state index is -0.260. The topological polar surface area (TPSA) is 78.5 Å². The molecular weight excluding hydrogens is 258 g/mol. The van der Waals surface area contributed by atoms with E-state index in [1.807, 2.05) is 13.8 Å². The molecule has 1 atom stereocenters. The molecule has 1 aliphatic heterocycles. The Morgan fingerprint density at radius 2 is 1.70 bits per heavy atom. The molecule has 0 radical (unpaired) electrons. The van der Waals surface area contributed by atoms with Gasteiger partial charge in [0.2, 0.25) is 17.7 Å². The van der Waals surface area contributed by atoms with Crippen molar-refractivity contribution in [2.75, 3.05) is 19.6 Å². The summed E-state index contributed by atoms with van der Waals surface area (Å²) < 4.78 is 0. The average molecular weight is 281 g/mol. The van der Waals surface area contributed by atoms with Gasteiger partial charge in [-0.3, -0.25) is 14.4 Å². The fourth-order valence-corrected chi connectivity index (χ4v) is 2.41. The first-order valence-corrected chi connectivity index (χ1v) is 7.34. The SMILES string of the molecule is CC(C)N1CC(C(=O)NCCNC(=O)C2CC2)CC1=O. The van der Waals surface area contributed by atoms with Gasteiger partial charge >= 0.3 is 0 Å². The van der Waals surface area contributed by atoms with Crippen molar-refractivity contribution in [2.24, 2.45) is 11.8 Å². The minimum absolute atomic E-state index is 0.0437. The quantitative estimate of drug-likeness (QED) is 0.667. The Bertz CT molecular complexity index is 404. The van der Waals surface area contributed by atoms with Gasteiger partial charge in [-0.2, -0.15) is 0 Å². The van der Waals surface area contributed by atoms with Crippen LogP contribution < -0.4 is 10.6 Å². The van der Waals surface area contributed by atoms with Crippen LogP contribution >= 0.6 is 0 Å². The summed E-state index contributed by atoms with van der Waals surface area (Å²) in [4.78, 5) is 36.8. The Morgan fingerprint density at radius 3 is 2.15 bits per heavy atom. The molecule has 2 rings (SSSR count). The molecule has 1 saturated heterocycles. The number of hydrogen-bond acceptors (Lipinski definition) is 3. The molecule has 2 fully saturated rings. The predicted octanol–water partition coefficient (Wildman–Crippen LogP) is -0.114. The van der Waals surface area contributed by atoms with Crippen LogP contribution in [0.5, 0.6) is 0 Å². The normalized spacial score (nSPS) is 22.2. The molecular formula is C14H23N3O3. The summed E-state index contributed by atoms with van der Waals surface area (Å²) in [5, 5.41) is 5.58. The van der Waals surface area contributed by atoms with Crippen molar-refractivity contribution in [3.63, 3.8) is 0 Å². The second-order valence-corrected chi connectivity index (χ2v) is 5.90. The van der Waals surface area contributed by atoms with E-state index in [4.69, 9.17) is 0 Å². The lowest BCUT2D eigenvalue weighted by molar-refractivity contribution is -0.129. The largest absolute Gasteiger partial charge is 0.354 e. The van der Waals surface area contributed by atoms with Gasteiger partial charge in [0.25, 0.3) is 0 Å². The Balaban J connectivity index is 1.65. The number of rotatable bonds is 6. The number of nitrogens with zero attached hydrogens (tertiary/aromatic N) is 1. The zero-order chi connectivity index (χ0) is 14.7. The Kier molecular flexibility index (Phi) is 4.62. The van der Waals surface area contributed by atoms with E-state index in [0.29, 0.717) is 26.1 Å². The van der Waals surface area contributed by atoms with Crippen LogP contribution in [-0.4, -0.2) is 48.3 Å². The van der Waals surface area contributed by atoms with Crippen LogP contribution in [0.25, 0.3) is 0 Å². The monoisotopic (exact) mass is 281 g/mol. The van der Waals surface area contributed by atoms with E-state index in [2.05, 4.69) is 10.6 Å². The number of carbonyl (C=O) groups is 3. The molecule has 6 nitrogen and oxygen atoms in total. The van der Waals surface area contributed by atoms with Crippen LogP contribution in [0.4, 0.5) is 0 Å². The fourth-order valence-electron chi connectivity index (χ4n) is 2.41. The maximum atomic E-state index is 11.9. The van der Waals surface area contributed by atoms with Crippen LogP contribution in [-0.2, 0) is 14.4 Å². The van der Waals surface area contributed by atoms with E-state index < -0.39 is 0 Å². The Hall–Kier alpha value is -1.59. The summed E-state index contributed by atoms with van der Waals surface area (Å²) in [6.45, 7) is 5.27. The zero-order valence-electron chi connectivity index (χ0n) is 12.1. The first kappa shape index (κ1) is 14.8. The fraction of sp³-hybridized carbons (Fsp3) is 0.786. The van der Waals surface area contributed by atoms with Crippen LogP contribution in [0.1, 0.15) is 33.1 Å². The van der Waals surface area contributed by atoms with Gasteiger partial charge in [-0.05, 0) is 26.7 Å². The van der Waals surface area contributed by atoms with E-state index in [1.54, 1.807) is 4.90 Å². The van der Waals surface area contributed by atoms with Crippen LogP contribution in [0.2, 0.25) is 0 Å². The molecule has 6 heteroatoms. The Morgan fingerprint density at radius 1 is 1.15 bits per heavy atom. The zero-order valence-corrected chi connectivity index (χ0v) is 12.1. The summed E-state index contributed by atoms with van der Waals surface area (Å²) in [5.74, 6) is -0.0348. The summed E-state index contributed by atoms with van der Waals surface area (Å²) in [6, 6.07) is 0.137. The molecule has 1 heterocycles. The summed E-state index contributed by atoms with van der Waals surface area (Å²) in [6.07, 6.45) is 2.25. The highest BCUT2D eigenvalue weighted by molar-refractivity contribution is 5.89. The van der Waals surface area contributed by atoms with E-state index in [9.17, 15) is 14.4 Å². The molecule has 0 aromatic rings. The average Bonchev–Trinajstić information content (AvgIpc) is 3.16. The highest BCUT2D eigenvalue weighted by atomic mass is 16.2. The number of nitrogens with one attached hydrogen (secondary N) is 2. The lowest BCUT2D eigenvalue weighted by atomic mass is 10.1. The molecule has 1 unspecified atom stereocenters. The molecule has 112 valence electrons. The first-order chi connectivity index (χ1) is 9.49. The smallest absolute Gasteiger partial charge is 0.225 e. The van der Waals surface area contributed by atoms with E-state index in [1.165, 1.54) is 0 Å². The third-order valence-corrected chi connectivity index (χ3v) is 3.82. The highest BCUT2D eigenvalue weighted by Gasteiger charge is 2.35. The summed E-state index contributed by atoms with van der Waals surface area (Å²) in [7, 11) is 0. The molecule has 1 saturated carbocycles. The summed E-state index contributed by atoms with van der Waals surface area (Å²) >= 11 is 0. The minimum Gasteiger partial charge on any atom is -0.354 e. The number of hydrogen-bond donors (Lipinski definition) is 2. The van der Waals surface area contributed by atoms with Crippen molar-refractivity contribution in [2.45, 2.75) is 39.2 Å². The second-order valence-electron chi connectivity index (χ2n) is 5.90. The predicted molar refractivity (Wildman–Crippen MR) is 73.7 cm³/mol. The van der Waals surface area contributed by atoms with Crippen molar-refractivity contribution in [1.82, 2.24) is 15.5 Å². The molecule has 3 amide bonds. The molecule has 0 spiro atoms. The van der Waals surface area contributed by atoms with Gasteiger partial charge in [-0.1, -0.05) is 0 Å². The molecule has 2 N–H and O–H groups in total. The van der Waals surface area contributed by atoms with Gasteiger partial charge in [0.15, 0.2) is 0 Å². The number of likely N-dealkylation sites (tertiary alicyclic amines) is 1. The van der Waals surface area contributed by atoms with Gasteiger partial charge in [0, 0.05) is 38.0 Å². The maximum Gasteiger partial charge on any atom is 0.225 e. The van der Waals surface area contributed by atoms with E-state index in [-0.39, 0.29) is 35.6 Å². The van der Waals surface area contributed by atoms with Crippen molar-refractivity contribution in [1.29, 1.82) is 0 Å². The molecule has 0 aromatic carbocycles. The van der Waals surface area contributed by atoms with E-state index >= 15 is 0 Å². The van der Waals surface area contributed by atoms with Gasteiger partial charge in [0.05, 0.1) is 5.92 Å². The van der Waals surface area contributed by atoms with Crippen molar-refractivity contribution in [3.8, 4) is 0 Å². The van der Waals surface area contributed by atoms with Gasteiger partial charge in [-0.25, -0.2) is 0 Å². The van der Waals surface area contributed by atoms with Crippen LogP contribution in [0, 0.1) is 11.8 Å².